The summed E-state index contributed by atoms with van der Waals surface area (Å²) in [5, 5.41) is 4.68. The summed E-state index contributed by atoms with van der Waals surface area (Å²) in [6, 6.07) is 17.6. The van der Waals surface area contributed by atoms with Gasteiger partial charge in [0.2, 0.25) is 0 Å². The molecule has 0 saturated heterocycles. The molecule has 0 aliphatic rings. The number of carbonyl (C=O) groups excluding carboxylic acids is 2. The van der Waals surface area contributed by atoms with E-state index in [4.69, 9.17) is 6.42 Å². The Morgan fingerprint density at radius 1 is 1.08 bits per heavy atom. The number of nitrogens with one attached hydrogen (secondary N) is 1. The average Bonchev–Trinajstić information content (AvgIpc) is 3.21. The molecule has 0 fully saturated rings. The van der Waals surface area contributed by atoms with Crippen molar-refractivity contribution in [2.45, 2.75) is 0 Å². The van der Waals surface area contributed by atoms with Crippen molar-refractivity contribution in [3.05, 3.63) is 82.0 Å². The lowest BCUT2D eigenvalue weighted by atomic mass is 10.1. The van der Waals surface area contributed by atoms with Gasteiger partial charge in [-0.15, -0.1) is 17.8 Å². The molecule has 0 radical (unpaired) electrons. The lowest BCUT2D eigenvalue weighted by Gasteiger charge is -2.20. The number of anilines is 2. The van der Waals surface area contributed by atoms with Crippen molar-refractivity contribution in [2.75, 3.05) is 17.3 Å². The number of rotatable bonds is 4. The third-order valence-corrected chi connectivity index (χ3v) is 4.69. The van der Waals surface area contributed by atoms with Crippen LogP contribution in [0.1, 0.15) is 25.6 Å². The minimum atomic E-state index is -0.305. The smallest absolute Gasteiger partial charge is 0.268 e. The standard InChI is InChI=1S/C21H16N2O2S/c1-3-15-8-6-9-16(14-15)22-20(24)17-10-4-5-11-18(17)23(2)21(25)19-12-7-13-26-19/h1,4-14H,2H3,(H,22,24). The van der Waals surface area contributed by atoms with Gasteiger partial charge in [0.05, 0.1) is 16.1 Å². The van der Waals surface area contributed by atoms with E-state index >= 15 is 0 Å². The molecule has 0 bridgehead atoms. The summed E-state index contributed by atoms with van der Waals surface area (Å²) in [5.74, 6) is 2.07. The first-order valence-corrected chi connectivity index (χ1v) is 8.76. The highest BCUT2D eigenvalue weighted by Crippen LogP contribution is 2.24. The topological polar surface area (TPSA) is 49.4 Å². The van der Waals surface area contributed by atoms with Crippen LogP contribution in [0.5, 0.6) is 0 Å². The van der Waals surface area contributed by atoms with Gasteiger partial charge in [-0.3, -0.25) is 9.59 Å². The van der Waals surface area contributed by atoms with Crippen LogP contribution < -0.4 is 10.2 Å². The maximum atomic E-state index is 12.7. The largest absolute Gasteiger partial charge is 0.322 e. The number of para-hydroxylation sites is 1. The van der Waals surface area contributed by atoms with Crippen LogP contribution in [0, 0.1) is 12.3 Å². The van der Waals surface area contributed by atoms with E-state index in [-0.39, 0.29) is 11.8 Å². The van der Waals surface area contributed by atoms with Crippen LogP contribution >= 0.6 is 11.3 Å². The maximum Gasteiger partial charge on any atom is 0.268 e. The summed E-state index contributed by atoms with van der Waals surface area (Å²) >= 11 is 1.36. The Hall–Kier alpha value is -3.36. The van der Waals surface area contributed by atoms with Gasteiger partial charge in [0.25, 0.3) is 11.8 Å². The number of benzene rings is 2. The zero-order chi connectivity index (χ0) is 18.5. The van der Waals surface area contributed by atoms with E-state index in [2.05, 4.69) is 11.2 Å². The second-order valence-electron chi connectivity index (χ2n) is 5.54. The Labute approximate surface area is 156 Å². The fourth-order valence-corrected chi connectivity index (χ4v) is 3.22. The van der Waals surface area contributed by atoms with E-state index in [0.717, 1.165) is 0 Å². The van der Waals surface area contributed by atoms with Gasteiger partial charge >= 0.3 is 0 Å². The normalized spacial score (nSPS) is 10.0. The Morgan fingerprint density at radius 2 is 1.88 bits per heavy atom. The summed E-state index contributed by atoms with van der Waals surface area (Å²) in [5.41, 5.74) is 2.23. The fourth-order valence-electron chi connectivity index (χ4n) is 2.52. The van der Waals surface area contributed by atoms with Gasteiger partial charge in [-0.25, -0.2) is 0 Å². The molecule has 1 heterocycles. The molecular weight excluding hydrogens is 344 g/mol. The Morgan fingerprint density at radius 3 is 2.62 bits per heavy atom. The van der Waals surface area contributed by atoms with E-state index in [1.54, 1.807) is 61.6 Å². The van der Waals surface area contributed by atoms with Gasteiger partial charge in [0.1, 0.15) is 0 Å². The number of amides is 2. The van der Waals surface area contributed by atoms with E-state index in [1.165, 1.54) is 16.2 Å². The monoisotopic (exact) mass is 360 g/mol. The fraction of sp³-hybridized carbons (Fsp3) is 0.0476. The highest BCUT2D eigenvalue weighted by Gasteiger charge is 2.20. The van der Waals surface area contributed by atoms with Crippen LogP contribution in [0.3, 0.4) is 0 Å². The Kier molecular flexibility index (Phi) is 5.16. The van der Waals surface area contributed by atoms with Crippen molar-refractivity contribution in [3.8, 4) is 12.3 Å². The lowest BCUT2D eigenvalue weighted by Crippen LogP contribution is -2.28. The second kappa shape index (κ2) is 7.68. The maximum absolute atomic E-state index is 12.7. The lowest BCUT2D eigenvalue weighted by molar-refractivity contribution is 0.0996. The number of thiophene rings is 1. The van der Waals surface area contributed by atoms with Gasteiger partial charge in [0.15, 0.2) is 0 Å². The molecule has 128 valence electrons. The summed E-state index contributed by atoms with van der Waals surface area (Å²) in [4.78, 5) is 27.5. The van der Waals surface area contributed by atoms with Gasteiger partial charge in [-0.05, 0) is 41.8 Å². The van der Waals surface area contributed by atoms with Crippen LogP contribution in [0.15, 0.2) is 66.0 Å². The zero-order valence-electron chi connectivity index (χ0n) is 14.1. The summed E-state index contributed by atoms with van der Waals surface area (Å²) < 4.78 is 0. The second-order valence-corrected chi connectivity index (χ2v) is 6.49. The predicted octanol–water partition coefficient (Wildman–Crippen LogP) is 4.26. The molecule has 3 rings (SSSR count). The molecule has 4 nitrogen and oxygen atoms in total. The molecule has 0 unspecified atom stereocenters. The first-order chi connectivity index (χ1) is 12.6. The van der Waals surface area contributed by atoms with Crippen LogP contribution in [0.25, 0.3) is 0 Å². The summed E-state index contributed by atoms with van der Waals surface area (Å²) in [6.07, 6.45) is 5.40. The SMILES string of the molecule is C#Cc1cccc(NC(=O)c2ccccc2N(C)C(=O)c2cccs2)c1. The van der Waals surface area contributed by atoms with Crippen molar-refractivity contribution in [1.82, 2.24) is 0 Å². The van der Waals surface area contributed by atoms with Gasteiger partial charge < -0.3 is 10.2 Å². The van der Waals surface area contributed by atoms with E-state index in [0.29, 0.717) is 27.4 Å². The summed E-state index contributed by atoms with van der Waals surface area (Å²) in [7, 11) is 1.66. The van der Waals surface area contributed by atoms with Crippen molar-refractivity contribution < 1.29 is 9.59 Å². The van der Waals surface area contributed by atoms with E-state index < -0.39 is 0 Å². The number of hydrogen-bond acceptors (Lipinski definition) is 3. The molecule has 2 amide bonds. The molecular formula is C21H16N2O2S. The molecule has 1 N–H and O–H groups in total. The highest BCUT2D eigenvalue weighted by atomic mass is 32.1. The Bertz CT molecular complexity index is 987. The first kappa shape index (κ1) is 17.5. The quantitative estimate of drug-likeness (QED) is 0.707. The minimum Gasteiger partial charge on any atom is -0.322 e. The molecule has 0 aliphatic carbocycles. The highest BCUT2D eigenvalue weighted by molar-refractivity contribution is 7.12. The van der Waals surface area contributed by atoms with Crippen LogP contribution in [0.4, 0.5) is 11.4 Å². The van der Waals surface area contributed by atoms with Crippen molar-refractivity contribution in [1.29, 1.82) is 0 Å². The summed E-state index contributed by atoms with van der Waals surface area (Å²) in [6.45, 7) is 0. The first-order valence-electron chi connectivity index (χ1n) is 7.89. The number of nitrogens with zero attached hydrogens (tertiary/aromatic N) is 1. The predicted molar refractivity (Wildman–Crippen MR) is 106 cm³/mol. The van der Waals surface area contributed by atoms with Crippen LogP contribution in [-0.2, 0) is 0 Å². The van der Waals surface area contributed by atoms with Gasteiger partial charge in [-0.1, -0.05) is 30.2 Å². The Balaban J connectivity index is 1.87. The molecule has 0 atom stereocenters. The van der Waals surface area contributed by atoms with Crippen LogP contribution in [-0.4, -0.2) is 18.9 Å². The molecule has 5 heteroatoms. The molecule has 2 aromatic carbocycles. The average molecular weight is 360 g/mol. The van der Waals surface area contributed by atoms with Crippen LogP contribution in [0.2, 0.25) is 0 Å². The number of hydrogen-bond donors (Lipinski definition) is 1. The molecule has 0 saturated carbocycles. The molecule has 0 aliphatic heterocycles. The third-order valence-electron chi connectivity index (χ3n) is 3.83. The number of terminal acetylenes is 1. The van der Waals surface area contributed by atoms with Gasteiger partial charge in [0, 0.05) is 18.3 Å². The molecule has 1 aromatic heterocycles. The minimum absolute atomic E-state index is 0.158. The van der Waals surface area contributed by atoms with Gasteiger partial charge in [-0.2, -0.15) is 0 Å². The molecule has 26 heavy (non-hydrogen) atoms. The number of carbonyl (C=O) groups is 2. The van der Waals surface area contributed by atoms with Crippen molar-refractivity contribution >= 4 is 34.5 Å². The van der Waals surface area contributed by atoms with Crippen molar-refractivity contribution in [2.24, 2.45) is 0 Å². The molecule has 3 aromatic rings. The van der Waals surface area contributed by atoms with E-state index in [9.17, 15) is 9.59 Å². The van der Waals surface area contributed by atoms with Crippen molar-refractivity contribution in [3.63, 3.8) is 0 Å². The van der Waals surface area contributed by atoms with E-state index in [1.807, 2.05) is 11.4 Å². The third kappa shape index (κ3) is 3.66. The zero-order valence-corrected chi connectivity index (χ0v) is 14.9. The molecule has 0 spiro atoms.